The number of ether oxygens (including phenoxy) is 1. The summed E-state index contributed by atoms with van der Waals surface area (Å²) in [5, 5.41) is 12.2. The van der Waals surface area contributed by atoms with Gasteiger partial charge in [-0.3, -0.25) is 4.79 Å². The molecule has 1 aliphatic carbocycles. The van der Waals surface area contributed by atoms with Crippen molar-refractivity contribution >= 4 is 11.8 Å². The second kappa shape index (κ2) is 9.18. The Hall–Kier alpha value is -2.42. The van der Waals surface area contributed by atoms with Crippen molar-refractivity contribution < 1.29 is 37.0 Å². The third-order valence-corrected chi connectivity index (χ3v) is 4.76. The van der Waals surface area contributed by atoms with Crippen molar-refractivity contribution in [2.45, 2.75) is 44.6 Å². The largest absolute Gasteiger partial charge is 0.462 e. The van der Waals surface area contributed by atoms with E-state index in [9.17, 15) is 32.3 Å². The molecule has 0 unspecified atom stereocenters. The third kappa shape index (κ3) is 4.52. The molecule has 2 rings (SSSR count). The van der Waals surface area contributed by atoms with Gasteiger partial charge in [-0.05, 0) is 32.3 Å². The number of aliphatic hydroxyl groups is 1. The highest BCUT2D eigenvalue weighted by Gasteiger charge is 2.34. The van der Waals surface area contributed by atoms with Crippen molar-refractivity contribution in [2.75, 3.05) is 13.2 Å². The zero-order chi connectivity index (χ0) is 20.9. The summed E-state index contributed by atoms with van der Waals surface area (Å²) in [7, 11) is 0. The molecule has 154 valence electrons. The third-order valence-electron chi connectivity index (χ3n) is 4.76. The number of ketones is 1. The van der Waals surface area contributed by atoms with E-state index in [0.29, 0.717) is 19.3 Å². The van der Waals surface area contributed by atoms with Gasteiger partial charge in [0, 0.05) is 18.3 Å². The van der Waals surface area contributed by atoms with Gasteiger partial charge in [-0.25, -0.2) is 22.4 Å². The molecule has 5 nitrogen and oxygen atoms in total. The molecule has 0 spiro atoms. The van der Waals surface area contributed by atoms with Crippen molar-refractivity contribution in [3.8, 4) is 0 Å². The molecule has 28 heavy (non-hydrogen) atoms. The van der Waals surface area contributed by atoms with Gasteiger partial charge in [-0.2, -0.15) is 0 Å². The number of benzene rings is 1. The van der Waals surface area contributed by atoms with E-state index in [1.54, 1.807) is 0 Å². The van der Waals surface area contributed by atoms with Gasteiger partial charge in [0.1, 0.15) is 5.57 Å². The Morgan fingerprint density at radius 1 is 1.18 bits per heavy atom. The van der Waals surface area contributed by atoms with E-state index in [0.717, 1.165) is 19.0 Å². The molecule has 0 aliphatic heterocycles. The molecule has 0 saturated heterocycles. The van der Waals surface area contributed by atoms with Gasteiger partial charge in [0.15, 0.2) is 23.3 Å². The number of hydrogen-bond acceptors (Lipinski definition) is 5. The quantitative estimate of drug-likeness (QED) is 0.102. The topological polar surface area (TPSA) is 75.6 Å². The number of carbonyl (C=O) groups is 2. The van der Waals surface area contributed by atoms with E-state index >= 15 is 0 Å². The maximum atomic E-state index is 14.0. The number of Topliss-reactive ketones (excluding diaryl/α,β-unsaturated/α-hetero) is 1. The van der Waals surface area contributed by atoms with Crippen LogP contribution < -0.4 is 5.32 Å². The van der Waals surface area contributed by atoms with E-state index in [-0.39, 0.29) is 19.3 Å². The minimum Gasteiger partial charge on any atom is -0.462 e. The molecule has 1 aromatic rings. The lowest BCUT2D eigenvalue weighted by atomic mass is 9.93. The second-order valence-corrected chi connectivity index (χ2v) is 6.56. The summed E-state index contributed by atoms with van der Waals surface area (Å²) in [6, 6.07) is 0.197. The average Bonchev–Trinajstić information content (AvgIpc) is 3.12. The number of halogens is 4. The number of nitrogens with one attached hydrogen (secondary N) is 1. The van der Waals surface area contributed by atoms with Crippen LogP contribution in [0.4, 0.5) is 17.6 Å². The first-order valence-corrected chi connectivity index (χ1v) is 8.90. The minimum absolute atomic E-state index is 0.0974. The van der Waals surface area contributed by atoms with Crippen LogP contribution in [0.15, 0.2) is 17.8 Å². The van der Waals surface area contributed by atoms with Crippen LogP contribution in [0.1, 0.15) is 49.4 Å². The van der Waals surface area contributed by atoms with E-state index in [1.807, 2.05) is 0 Å². The Labute approximate surface area is 159 Å². The molecule has 1 fully saturated rings. The maximum absolute atomic E-state index is 14.0. The lowest BCUT2D eigenvalue weighted by Crippen LogP contribution is -2.41. The Morgan fingerprint density at radius 3 is 2.39 bits per heavy atom. The smallest absolute Gasteiger partial charge is 0.343 e. The van der Waals surface area contributed by atoms with E-state index < -0.39 is 51.7 Å². The number of esters is 1. The molecule has 9 heteroatoms. The van der Waals surface area contributed by atoms with E-state index in [2.05, 4.69) is 5.32 Å². The van der Waals surface area contributed by atoms with Crippen LogP contribution >= 0.6 is 0 Å². The minimum atomic E-state index is -2.15. The zero-order valence-electron chi connectivity index (χ0n) is 15.3. The van der Waals surface area contributed by atoms with Gasteiger partial charge < -0.3 is 15.2 Å². The molecule has 1 saturated carbocycles. The molecule has 2 N–H and O–H groups in total. The van der Waals surface area contributed by atoms with Crippen molar-refractivity contribution in [3.63, 3.8) is 0 Å². The van der Waals surface area contributed by atoms with Crippen LogP contribution in [0.25, 0.3) is 0 Å². The van der Waals surface area contributed by atoms with Gasteiger partial charge >= 0.3 is 5.97 Å². The maximum Gasteiger partial charge on any atom is 0.343 e. The fourth-order valence-corrected chi connectivity index (χ4v) is 3.27. The molecule has 0 bridgehead atoms. The number of rotatable bonds is 8. The normalized spacial score (nSPS) is 16.1. The molecule has 0 heterocycles. The van der Waals surface area contributed by atoms with Crippen LogP contribution in [0, 0.1) is 23.3 Å². The van der Waals surface area contributed by atoms with Gasteiger partial charge in [-0.15, -0.1) is 0 Å². The van der Waals surface area contributed by atoms with Gasteiger partial charge in [0.25, 0.3) is 0 Å². The van der Waals surface area contributed by atoms with Crippen molar-refractivity contribution in [2.24, 2.45) is 0 Å². The first kappa shape index (κ1) is 21.9. The monoisotopic (exact) mass is 403 g/mol. The van der Waals surface area contributed by atoms with E-state index in [4.69, 9.17) is 4.74 Å². The molecule has 0 aromatic heterocycles. The summed E-state index contributed by atoms with van der Waals surface area (Å²) in [6.07, 6.45) is 4.44. The molecular weight excluding hydrogens is 382 g/mol. The van der Waals surface area contributed by atoms with Crippen LogP contribution in [-0.2, 0) is 9.53 Å². The Bertz CT molecular complexity index is 789. The molecule has 0 amide bonds. The van der Waals surface area contributed by atoms with Crippen LogP contribution in [-0.4, -0.2) is 35.6 Å². The molecule has 1 aliphatic rings. The van der Waals surface area contributed by atoms with Crippen LogP contribution in [0.3, 0.4) is 0 Å². The summed E-state index contributed by atoms with van der Waals surface area (Å²) in [5.41, 5.74) is -2.37. The Kier molecular flexibility index (Phi) is 7.17. The highest BCUT2D eigenvalue weighted by atomic mass is 19.2. The predicted molar refractivity (Wildman–Crippen MR) is 91.4 cm³/mol. The van der Waals surface area contributed by atoms with E-state index in [1.165, 1.54) is 6.92 Å². The summed E-state index contributed by atoms with van der Waals surface area (Å²) < 4.78 is 58.9. The molecule has 0 atom stereocenters. The zero-order valence-corrected chi connectivity index (χ0v) is 15.3. The van der Waals surface area contributed by atoms with Crippen molar-refractivity contribution in [1.82, 2.24) is 5.32 Å². The summed E-state index contributed by atoms with van der Waals surface area (Å²) in [5.74, 6) is -10.3. The van der Waals surface area contributed by atoms with Gasteiger partial charge in [0.2, 0.25) is 5.78 Å². The Balaban J connectivity index is 2.43. The SMILES string of the molecule is CCOC(=O)C(=CNC1(CCO)CCCC1)C(=O)c1cc(F)c(F)c(F)c1F. The summed E-state index contributed by atoms with van der Waals surface area (Å²) >= 11 is 0. The lowest BCUT2D eigenvalue weighted by Gasteiger charge is -2.29. The second-order valence-electron chi connectivity index (χ2n) is 6.56. The lowest BCUT2D eigenvalue weighted by molar-refractivity contribution is -0.138. The predicted octanol–water partition coefficient (Wildman–Crippen LogP) is 3.16. The molecular formula is C19H21F4NO4. The molecule has 1 aromatic carbocycles. The summed E-state index contributed by atoms with van der Waals surface area (Å²) in [6.45, 7) is 1.25. The number of hydrogen-bond donors (Lipinski definition) is 2. The molecule has 0 radical (unpaired) electrons. The van der Waals surface area contributed by atoms with Crippen LogP contribution in [0.5, 0.6) is 0 Å². The summed E-state index contributed by atoms with van der Waals surface area (Å²) in [4.78, 5) is 24.8. The highest BCUT2D eigenvalue weighted by Crippen LogP contribution is 2.32. The van der Waals surface area contributed by atoms with Gasteiger partial charge in [-0.1, -0.05) is 12.8 Å². The standard InChI is InChI=1S/C19H21F4NO4/c1-2-28-18(27)12(10-24-19(7-8-25)5-3-4-6-19)17(26)11-9-13(20)15(22)16(23)14(11)21/h9-10,24-25H,2-8H2,1H3. The number of aliphatic hydroxyl groups excluding tert-OH is 1. The number of carbonyl (C=O) groups excluding carboxylic acids is 2. The average molecular weight is 403 g/mol. The first-order valence-electron chi connectivity index (χ1n) is 8.90. The van der Waals surface area contributed by atoms with Crippen LogP contribution in [0.2, 0.25) is 0 Å². The fourth-order valence-electron chi connectivity index (χ4n) is 3.27. The van der Waals surface area contributed by atoms with Gasteiger partial charge in [0.05, 0.1) is 12.2 Å². The van der Waals surface area contributed by atoms with Crippen molar-refractivity contribution in [1.29, 1.82) is 0 Å². The highest BCUT2D eigenvalue weighted by molar-refractivity contribution is 6.24. The fraction of sp³-hybridized carbons (Fsp3) is 0.474. The van der Waals surface area contributed by atoms with Crippen molar-refractivity contribution in [3.05, 3.63) is 46.7 Å². The Morgan fingerprint density at radius 2 is 1.82 bits per heavy atom. The first-order chi connectivity index (χ1) is 13.3.